The maximum atomic E-state index is 12.7. The predicted molar refractivity (Wildman–Crippen MR) is 119 cm³/mol. The average molecular weight is 454 g/mol. The van der Waals surface area contributed by atoms with Crippen molar-refractivity contribution in [1.82, 2.24) is 14.2 Å². The van der Waals surface area contributed by atoms with E-state index in [0.717, 1.165) is 0 Å². The normalized spacial score (nSPS) is 15.0. The van der Waals surface area contributed by atoms with E-state index in [1.807, 2.05) is 18.2 Å². The van der Waals surface area contributed by atoms with Crippen LogP contribution in [0.5, 0.6) is 0 Å². The number of esters is 1. The number of ether oxygens (including phenoxy) is 1. The van der Waals surface area contributed by atoms with Crippen molar-refractivity contribution in [3.8, 4) is 0 Å². The number of aryl methyl sites for hydroxylation is 1. The number of hydrogen-bond donors (Lipinski definition) is 0. The molecule has 0 atom stereocenters. The van der Waals surface area contributed by atoms with Crippen LogP contribution >= 0.6 is 0 Å². The molecule has 4 rings (SSSR count). The third-order valence-corrected chi connectivity index (χ3v) is 7.28. The van der Waals surface area contributed by atoms with Crippen LogP contribution in [0.2, 0.25) is 0 Å². The first-order valence-electron chi connectivity index (χ1n) is 10.2. The van der Waals surface area contributed by atoms with E-state index in [2.05, 4.69) is 4.98 Å². The second kappa shape index (κ2) is 9.05. The summed E-state index contributed by atoms with van der Waals surface area (Å²) in [5, 5.41) is 0.662. The third-order valence-electron chi connectivity index (χ3n) is 5.36. The van der Waals surface area contributed by atoms with Gasteiger partial charge in [0.15, 0.2) is 6.61 Å². The summed E-state index contributed by atoms with van der Waals surface area (Å²) in [5.41, 5.74) is 1.72. The number of carbonyl (C=O) groups is 2. The van der Waals surface area contributed by atoms with Crippen molar-refractivity contribution in [3.05, 3.63) is 71.9 Å². The molecule has 9 heteroatoms. The Morgan fingerprint density at radius 1 is 0.969 bits per heavy atom. The smallest absolute Gasteiger partial charge is 0.339 e. The molecule has 2 heterocycles. The number of piperazine rings is 1. The van der Waals surface area contributed by atoms with E-state index in [0.29, 0.717) is 22.2 Å². The van der Waals surface area contributed by atoms with Crippen molar-refractivity contribution >= 4 is 32.8 Å². The monoisotopic (exact) mass is 453 g/mol. The Balaban J connectivity index is 1.36. The second-order valence-electron chi connectivity index (χ2n) is 7.50. The van der Waals surface area contributed by atoms with Crippen LogP contribution in [0.3, 0.4) is 0 Å². The molecule has 0 radical (unpaired) electrons. The van der Waals surface area contributed by atoms with Crippen molar-refractivity contribution in [3.63, 3.8) is 0 Å². The highest BCUT2D eigenvalue weighted by Gasteiger charge is 2.30. The summed E-state index contributed by atoms with van der Waals surface area (Å²) >= 11 is 0. The topological polar surface area (TPSA) is 96.9 Å². The molecule has 1 saturated heterocycles. The Bertz CT molecular complexity index is 1250. The van der Waals surface area contributed by atoms with Crippen LogP contribution in [-0.2, 0) is 19.6 Å². The Kier molecular flexibility index (Phi) is 6.20. The SMILES string of the molecule is Cc1cc(C(=O)OCC(=O)N2CCN(S(=O)(=O)c3ccccc3)CC2)c2ccccc2n1. The molecule has 1 amide bonds. The Morgan fingerprint density at radius 2 is 1.62 bits per heavy atom. The lowest BCUT2D eigenvalue weighted by molar-refractivity contribution is -0.135. The molecule has 1 aliphatic heterocycles. The van der Waals surface area contributed by atoms with Gasteiger partial charge < -0.3 is 9.64 Å². The van der Waals surface area contributed by atoms with E-state index in [-0.39, 0.29) is 37.0 Å². The predicted octanol–water partition coefficient (Wildman–Crippen LogP) is 2.23. The van der Waals surface area contributed by atoms with Crippen LogP contribution in [0.15, 0.2) is 65.6 Å². The van der Waals surface area contributed by atoms with Crippen LogP contribution < -0.4 is 0 Å². The van der Waals surface area contributed by atoms with E-state index >= 15 is 0 Å². The van der Waals surface area contributed by atoms with Crippen LogP contribution in [0.1, 0.15) is 16.1 Å². The summed E-state index contributed by atoms with van der Waals surface area (Å²) in [6.45, 7) is 2.23. The summed E-state index contributed by atoms with van der Waals surface area (Å²) in [4.78, 5) is 31.3. The van der Waals surface area contributed by atoms with Crippen molar-refractivity contribution in [2.24, 2.45) is 0 Å². The number of benzene rings is 2. The highest BCUT2D eigenvalue weighted by atomic mass is 32.2. The molecule has 0 spiro atoms. The van der Waals surface area contributed by atoms with Crippen LogP contribution in [0, 0.1) is 6.92 Å². The lowest BCUT2D eigenvalue weighted by Gasteiger charge is -2.33. The van der Waals surface area contributed by atoms with Crippen molar-refractivity contribution in [2.45, 2.75) is 11.8 Å². The molecule has 0 saturated carbocycles. The zero-order valence-corrected chi connectivity index (χ0v) is 18.4. The number of carbonyl (C=O) groups excluding carboxylic acids is 2. The molecule has 2 aromatic carbocycles. The number of nitrogens with zero attached hydrogens (tertiary/aromatic N) is 3. The zero-order valence-electron chi connectivity index (χ0n) is 17.6. The summed E-state index contributed by atoms with van der Waals surface area (Å²) in [6, 6.07) is 17.1. The highest BCUT2D eigenvalue weighted by Crippen LogP contribution is 2.20. The van der Waals surface area contributed by atoms with Crippen molar-refractivity contribution in [2.75, 3.05) is 32.8 Å². The van der Waals surface area contributed by atoms with Gasteiger partial charge in [0, 0.05) is 37.3 Å². The molecule has 32 heavy (non-hydrogen) atoms. The van der Waals surface area contributed by atoms with Gasteiger partial charge in [-0.05, 0) is 31.2 Å². The minimum absolute atomic E-state index is 0.186. The van der Waals surface area contributed by atoms with Gasteiger partial charge in [-0.25, -0.2) is 13.2 Å². The summed E-state index contributed by atoms with van der Waals surface area (Å²) in [7, 11) is -3.59. The van der Waals surface area contributed by atoms with Crippen LogP contribution in [0.4, 0.5) is 0 Å². The fourth-order valence-corrected chi connectivity index (χ4v) is 5.14. The van der Waals surface area contributed by atoms with Gasteiger partial charge in [0.2, 0.25) is 10.0 Å². The fourth-order valence-electron chi connectivity index (χ4n) is 3.69. The summed E-state index contributed by atoms with van der Waals surface area (Å²) in [5.74, 6) is -0.949. The molecule has 1 aliphatic rings. The van der Waals surface area contributed by atoms with Gasteiger partial charge in [-0.3, -0.25) is 9.78 Å². The molecule has 0 aliphatic carbocycles. The highest BCUT2D eigenvalue weighted by molar-refractivity contribution is 7.89. The summed E-state index contributed by atoms with van der Waals surface area (Å²) in [6.07, 6.45) is 0. The largest absolute Gasteiger partial charge is 0.452 e. The number of aromatic nitrogens is 1. The van der Waals surface area contributed by atoms with E-state index < -0.39 is 22.6 Å². The van der Waals surface area contributed by atoms with Gasteiger partial charge >= 0.3 is 5.97 Å². The number of fused-ring (bicyclic) bond motifs is 1. The number of amides is 1. The molecule has 1 aromatic heterocycles. The van der Waals surface area contributed by atoms with Crippen molar-refractivity contribution in [1.29, 1.82) is 0 Å². The van der Waals surface area contributed by atoms with Gasteiger partial charge in [0.25, 0.3) is 5.91 Å². The first-order chi connectivity index (χ1) is 15.4. The lowest BCUT2D eigenvalue weighted by Crippen LogP contribution is -2.51. The zero-order chi connectivity index (χ0) is 22.7. The maximum absolute atomic E-state index is 12.7. The van der Waals surface area contributed by atoms with Gasteiger partial charge in [-0.2, -0.15) is 4.31 Å². The quantitative estimate of drug-likeness (QED) is 0.550. The number of sulfonamides is 1. The number of pyridine rings is 1. The molecule has 0 bridgehead atoms. The first kappa shape index (κ1) is 21.9. The standard InChI is InChI=1S/C23H23N3O5S/c1-17-15-20(19-9-5-6-10-21(19)24-17)23(28)31-16-22(27)25-11-13-26(14-12-25)32(29,30)18-7-3-2-4-8-18/h2-10,15H,11-14,16H2,1H3. The summed E-state index contributed by atoms with van der Waals surface area (Å²) < 4.78 is 32.1. The molecule has 166 valence electrons. The number of hydrogen-bond acceptors (Lipinski definition) is 6. The first-order valence-corrected chi connectivity index (χ1v) is 11.7. The van der Waals surface area contributed by atoms with E-state index in [1.165, 1.54) is 9.21 Å². The number of rotatable bonds is 5. The maximum Gasteiger partial charge on any atom is 0.339 e. The molecule has 1 fully saturated rings. The van der Waals surface area contributed by atoms with E-state index in [1.54, 1.807) is 49.4 Å². The van der Waals surface area contributed by atoms with Gasteiger partial charge in [0.1, 0.15) is 0 Å². The molecular formula is C23H23N3O5S. The van der Waals surface area contributed by atoms with E-state index in [4.69, 9.17) is 4.74 Å². The average Bonchev–Trinajstić information content (AvgIpc) is 2.82. The Hall–Kier alpha value is -3.30. The number of para-hydroxylation sites is 1. The molecule has 0 N–H and O–H groups in total. The molecule has 8 nitrogen and oxygen atoms in total. The molecule has 3 aromatic rings. The molecule has 0 unspecified atom stereocenters. The van der Waals surface area contributed by atoms with Gasteiger partial charge in [0.05, 0.1) is 16.0 Å². The fraction of sp³-hybridized carbons (Fsp3) is 0.261. The minimum Gasteiger partial charge on any atom is -0.452 e. The molecular weight excluding hydrogens is 430 g/mol. The van der Waals surface area contributed by atoms with Gasteiger partial charge in [-0.1, -0.05) is 36.4 Å². The van der Waals surface area contributed by atoms with E-state index in [9.17, 15) is 18.0 Å². The van der Waals surface area contributed by atoms with Gasteiger partial charge in [-0.15, -0.1) is 0 Å². The Labute approximate surface area is 186 Å². The second-order valence-corrected chi connectivity index (χ2v) is 9.44. The third kappa shape index (κ3) is 4.49. The van der Waals surface area contributed by atoms with Crippen LogP contribution in [0.25, 0.3) is 10.9 Å². The lowest BCUT2D eigenvalue weighted by atomic mass is 10.1. The van der Waals surface area contributed by atoms with Crippen LogP contribution in [-0.4, -0.2) is 67.3 Å². The Morgan fingerprint density at radius 3 is 2.34 bits per heavy atom. The minimum atomic E-state index is -3.59. The van der Waals surface area contributed by atoms with Crippen molar-refractivity contribution < 1.29 is 22.7 Å².